The van der Waals surface area contributed by atoms with Crippen LogP contribution in [0.5, 0.6) is 0 Å². The number of nitrogen functional groups attached to an aromatic ring is 1. The summed E-state index contributed by atoms with van der Waals surface area (Å²) in [6, 6.07) is 9.62. The van der Waals surface area contributed by atoms with E-state index in [0.29, 0.717) is 17.3 Å². The van der Waals surface area contributed by atoms with Crippen molar-refractivity contribution < 1.29 is 0 Å². The Balaban J connectivity index is 2.05. The molecule has 1 saturated carbocycles. The lowest BCUT2D eigenvalue weighted by atomic mass is 10.1. The van der Waals surface area contributed by atoms with Crippen molar-refractivity contribution >= 4 is 5.82 Å². The lowest BCUT2D eigenvalue weighted by Crippen LogP contribution is -2.05. The van der Waals surface area contributed by atoms with Crippen LogP contribution in [-0.4, -0.2) is 9.55 Å². The van der Waals surface area contributed by atoms with Crippen molar-refractivity contribution in [3.8, 4) is 17.3 Å². The Labute approximate surface area is 118 Å². The minimum absolute atomic E-state index is 0.523. The minimum Gasteiger partial charge on any atom is -0.383 e. The molecule has 1 aromatic carbocycles. The maximum atomic E-state index is 9.00. The topological polar surface area (TPSA) is 67.6 Å². The largest absolute Gasteiger partial charge is 0.383 e. The third kappa shape index (κ3) is 2.05. The molecule has 0 unspecified atom stereocenters. The number of benzene rings is 1. The average Bonchev–Trinajstić information content (AvgIpc) is 3.09. The molecule has 2 aromatic rings. The first kappa shape index (κ1) is 12.7. The third-order valence-corrected chi connectivity index (χ3v) is 4.16. The van der Waals surface area contributed by atoms with Crippen molar-refractivity contribution in [2.24, 2.45) is 7.05 Å². The monoisotopic (exact) mass is 266 g/mol. The van der Waals surface area contributed by atoms with Gasteiger partial charge in [-0.3, -0.25) is 0 Å². The number of rotatable bonds is 2. The van der Waals surface area contributed by atoms with E-state index >= 15 is 0 Å². The van der Waals surface area contributed by atoms with Gasteiger partial charge in [0.15, 0.2) is 0 Å². The molecular weight excluding hydrogens is 248 g/mol. The van der Waals surface area contributed by atoms with Gasteiger partial charge in [0.2, 0.25) is 0 Å². The number of aromatic nitrogens is 2. The fraction of sp³-hybridized carbons (Fsp3) is 0.375. The summed E-state index contributed by atoms with van der Waals surface area (Å²) in [6.07, 6.45) is 4.94. The van der Waals surface area contributed by atoms with Crippen LogP contribution in [0.3, 0.4) is 0 Å². The van der Waals surface area contributed by atoms with E-state index in [0.717, 1.165) is 17.1 Å². The van der Waals surface area contributed by atoms with Crippen LogP contribution in [0.4, 0.5) is 5.82 Å². The fourth-order valence-electron chi connectivity index (χ4n) is 3.03. The van der Waals surface area contributed by atoms with Gasteiger partial charge in [-0.1, -0.05) is 25.0 Å². The molecule has 0 saturated heterocycles. The van der Waals surface area contributed by atoms with Crippen molar-refractivity contribution in [3.05, 3.63) is 35.7 Å². The highest BCUT2D eigenvalue weighted by atomic mass is 15.1. The first-order valence-electron chi connectivity index (χ1n) is 7.03. The molecule has 0 bridgehead atoms. The second-order valence-corrected chi connectivity index (χ2v) is 5.44. The number of hydrogen-bond donors (Lipinski definition) is 1. The number of hydrogen-bond acceptors (Lipinski definition) is 3. The van der Waals surface area contributed by atoms with E-state index < -0.39 is 0 Å². The van der Waals surface area contributed by atoms with Crippen LogP contribution in [0.2, 0.25) is 0 Å². The highest BCUT2D eigenvalue weighted by molar-refractivity contribution is 5.72. The van der Waals surface area contributed by atoms with E-state index in [2.05, 4.69) is 6.07 Å². The summed E-state index contributed by atoms with van der Waals surface area (Å²) in [5, 5.41) is 9.00. The van der Waals surface area contributed by atoms with Gasteiger partial charge in [0.1, 0.15) is 17.3 Å². The Kier molecular flexibility index (Phi) is 3.19. The van der Waals surface area contributed by atoms with E-state index in [1.165, 1.54) is 25.7 Å². The van der Waals surface area contributed by atoms with E-state index in [-0.39, 0.29) is 0 Å². The van der Waals surface area contributed by atoms with Crippen molar-refractivity contribution in [1.82, 2.24) is 9.55 Å². The number of nitrogens with two attached hydrogens (primary N) is 1. The first-order chi connectivity index (χ1) is 9.70. The van der Waals surface area contributed by atoms with E-state index in [1.807, 2.05) is 29.8 Å². The van der Waals surface area contributed by atoms with Crippen molar-refractivity contribution in [2.45, 2.75) is 31.6 Å². The van der Waals surface area contributed by atoms with Crippen molar-refractivity contribution in [2.75, 3.05) is 5.73 Å². The highest BCUT2D eigenvalue weighted by Crippen LogP contribution is 2.36. The molecule has 102 valence electrons. The molecule has 3 rings (SSSR count). The molecule has 0 atom stereocenters. The zero-order valence-electron chi connectivity index (χ0n) is 11.6. The Morgan fingerprint density at radius 1 is 1.35 bits per heavy atom. The molecule has 0 aliphatic heterocycles. The number of anilines is 1. The van der Waals surface area contributed by atoms with E-state index in [4.69, 9.17) is 16.0 Å². The van der Waals surface area contributed by atoms with Crippen molar-refractivity contribution in [3.63, 3.8) is 0 Å². The molecule has 4 nitrogen and oxygen atoms in total. The second kappa shape index (κ2) is 5.01. The van der Waals surface area contributed by atoms with Gasteiger partial charge < -0.3 is 10.3 Å². The zero-order chi connectivity index (χ0) is 14.1. The number of imidazole rings is 1. The summed E-state index contributed by atoms with van der Waals surface area (Å²) in [5.41, 5.74) is 8.56. The first-order valence-corrected chi connectivity index (χ1v) is 7.03. The van der Waals surface area contributed by atoms with E-state index in [1.54, 1.807) is 6.07 Å². The second-order valence-electron chi connectivity index (χ2n) is 5.44. The minimum atomic E-state index is 0.523. The van der Waals surface area contributed by atoms with Crippen molar-refractivity contribution in [1.29, 1.82) is 5.26 Å². The van der Waals surface area contributed by atoms with Gasteiger partial charge >= 0.3 is 0 Å². The predicted octanol–water partition coefficient (Wildman–Crippen LogP) is 3.20. The Hall–Kier alpha value is -2.28. The lowest BCUT2D eigenvalue weighted by Gasteiger charge is -2.08. The molecule has 1 aliphatic rings. The molecule has 1 heterocycles. The van der Waals surface area contributed by atoms with Gasteiger partial charge in [-0.25, -0.2) is 4.98 Å². The summed E-state index contributed by atoms with van der Waals surface area (Å²) in [6.45, 7) is 0. The summed E-state index contributed by atoms with van der Waals surface area (Å²) in [4.78, 5) is 4.77. The van der Waals surface area contributed by atoms with Gasteiger partial charge in [0.25, 0.3) is 0 Å². The maximum absolute atomic E-state index is 9.00. The summed E-state index contributed by atoms with van der Waals surface area (Å²) < 4.78 is 2.00. The number of nitriles is 1. The van der Waals surface area contributed by atoms with Crippen LogP contribution < -0.4 is 5.73 Å². The highest BCUT2D eigenvalue weighted by Gasteiger charge is 2.24. The standard InChI is InChI=1S/C16H18N4/c1-20-15(18)14(13-8-4-5-11(9-13)10-17)19-16(20)12-6-2-3-7-12/h4-5,8-9,12H,2-3,6-7,18H2,1H3. The third-order valence-electron chi connectivity index (χ3n) is 4.16. The molecule has 1 fully saturated rings. The smallest absolute Gasteiger partial charge is 0.131 e. The van der Waals surface area contributed by atoms with Crippen LogP contribution in [-0.2, 0) is 7.05 Å². The van der Waals surface area contributed by atoms with Crippen LogP contribution >= 0.6 is 0 Å². The summed E-state index contributed by atoms with van der Waals surface area (Å²) in [7, 11) is 1.98. The molecule has 1 aliphatic carbocycles. The number of nitrogens with zero attached hydrogens (tertiary/aromatic N) is 3. The molecule has 0 amide bonds. The molecule has 1 aromatic heterocycles. The molecule has 0 spiro atoms. The quantitative estimate of drug-likeness (QED) is 0.907. The van der Waals surface area contributed by atoms with Crippen LogP contribution in [0.25, 0.3) is 11.3 Å². The average molecular weight is 266 g/mol. The van der Waals surface area contributed by atoms with Gasteiger partial charge in [0.05, 0.1) is 11.6 Å². The summed E-state index contributed by atoms with van der Waals surface area (Å²) in [5.74, 6) is 2.29. The maximum Gasteiger partial charge on any atom is 0.131 e. The van der Waals surface area contributed by atoms with Gasteiger partial charge in [0, 0.05) is 18.5 Å². The Morgan fingerprint density at radius 3 is 2.80 bits per heavy atom. The molecule has 2 N–H and O–H groups in total. The SMILES string of the molecule is Cn1c(C2CCCC2)nc(-c2cccc(C#N)c2)c1N. The molecule has 4 heteroatoms. The van der Waals surface area contributed by atoms with Gasteiger partial charge in [-0.2, -0.15) is 5.26 Å². The molecular formula is C16H18N4. The molecule has 0 radical (unpaired) electrons. The fourth-order valence-corrected chi connectivity index (χ4v) is 3.03. The van der Waals surface area contributed by atoms with Gasteiger partial charge in [-0.05, 0) is 25.0 Å². The normalized spacial score (nSPS) is 15.4. The zero-order valence-corrected chi connectivity index (χ0v) is 11.6. The Morgan fingerprint density at radius 2 is 2.10 bits per heavy atom. The van der Waals surface area contributed by atoms with Crippen LogP contribution in [0.1, 0.15) is 43.0 Å². The molecule has 20 heavy (non-hydrogen) atoms. The Bertz CT molecular complexity index is 672. The van der Waals surface area contributed by atoms with Crippen LogP contribution in [0.15, 0.2) is 24.3 Å². The predicted molar refractivity (Wildman–Crippen MR) is 79.0 cm³/mol. The lowest BCUT2D eigenvalue weighted by molar-refractivity contribution is 0.635. The van der Waals surface area contributed by atoms with Crippen LogP contribution in [0, 0.1) is 11.3 Å². The van der Waals surface area contributed by atoms with Gasteiger partial charge in [-0.15, -0.1) is 0 Å². The van der Waals surface area contributed by atoms with E-state index in [9.17, 15) is 0 Å². The summed E-state index contributed by atoms with van der Waals surface area (Å²) >= 11 is 0.